The fourth-order valence-corrected chi connectivity index (χ4v) is 3.45. The molecule has 6 heteroatoms. The van der Waals surface area contributed by atoms with E-state index in [1.165, 1.54) is 0 Å². The van der Waals surface area contributed by atoms with Crippen LogP contribution in [0.15, 0.2) is 28.1 Å². The summed E-state index contributed by atoms with van der Waals surface area (Å²) in [6.07, 6.45) is 0. The minimum absolute atomic E-state index is 0.163. The highest BCUT2D eigenvalue weighted by Gasteiger charge is 2.11. The second kappa shape index (κ2) is 6.26. The molecule has 2 aromatic rings. The van der Waals surface area contributed by atoms with Crippen LogP contribution in [0.2, 0.25) is 10.0 Å². The van der Waals surface area contributed by atoms with Crippen LogP contribution in [0.3, 0.4) is 0 Å². The molecule has 18 heavy (non-hydrogen) atoms. The Morgan fingerprint density at radius 2 is 2.06 bits per heavy atom. The molecular weight excluding hydrogens is 359 g/mol. The molecule has 0 amide bonds. The van der Waals surface area contributed by atoms with Gasteiger partial charge in [-0.3, -0.25) is 0 Å². The first kappa shape index (κ1) is 14.2. The minimum atomic E-state index is -0.163. The predicted molar refractivity (Wildman–Crippen MR) is 78.7 cm³/mol. The molecule has 1 N–H and O–H groups in total. The fraction of sp³-hybridized carbons (Fsp3) is 0.167. The number of thiophene rings is 1. The predicted octanol–water partition coefficient (Wildman–Crippen LogP) is 4.89. The van der Waals surface area contributed by atoms with Crippen molar-refractivity contribution in [2.45, 2.75) is 13.2 Å². The standard InChI is InChI=1S/C12H9BrCl2O2S/c13-11-2-1-9(18-11)6-17-12-7(5-16)3-8(14)4-10(12)15/h1-4,16H,5-6H2. The zero-order valence-corrected chi connectivity index (χ0v) is 13.0. The monoisotopic (exact) mass is 366 g/mol. The summed E-state index contributed by atoms with van der Waals surface area (Å²) in [6, 6.07) is 7.17. The number of benzene rings is 1. The maximum atomic E-state index is 9.27. The van der Waals surface area contributed by atoms with Crippen LogP contribution in [-0.4, -0.2) is 5.11 Å². The zero-order valence-electron chi connectivity index (χ0n) is 9.12. The molecule has 0 bridgehead atoms. The van der Waals surface area contributed by atoms with Crippen molar-refractivity contribution in [1.29, 1.82) is 0 Å². The third-order valence-electron chi connectivity index (χ3n) is 2.24. The van der Waals surface area contributed by atoms with Crippen molar-refractivity contribution in [3.63, 3.8) is 0 Å². The van der Waals surface area contributed by atoms with Gasteiger partial charge in [0.1, 0.15) is 12.4 Å². The van der Waals surface area contributed by atoms with Gasteiger partial charge in [0.15, 0.2) is 0 Å². The Morgan fingerprint density at radius 3 is 2.67 bits per heavy atom. The normalized spacial score (nSPS) is 10.7. The van der Waals surface area contributed by atoms with Crippen LogP contribution in [0, 0.1) is 0 Å². The summed E-state index contributed by atoms with van der Waals surface area (Å²) in [6.45, 7) is 0.244. The lowest BCUT2D eigenvalue weighted by Crippen LogP contribution is -1.98. The Kier molecular flexibility index (Phi) is 4.92. The lowest BCUT2D eigenvalue weighted by molar-refractivity contribution is 0.260. The maximum absolute atomic E-state index is 9.27. The van der Waals surface area contributed by atoms with Crippen LogP contribution in [-0.2, 0) is 13.2 Å². The number of ether oxygens (including phenoxy) is 1. The summed E-state index contributed by atoms with van der Waals surface area (Å²) in [4.78, 5) is 1.07. The van der Waals surface area contributed by atoms with Crippen LogP contribution in [0.1, 0.15) is 10.4 Å². The Balaban J connectivity index is 2.18. The molecule has 0 fully saturated rings. The maximum Gasteiger partial charge on any atom is 0.144 e. The van der Waals surface area contributed by atoms with Crippen LogP contribution >= 0.6 is 50.5 Å². The largest absolute Gasteiger partial charge is 0.486 e. The topological polar surface area (TPSA) is 29.5 Å². The molecule has 1 aromatic heterocycles. The summed E-state index contributed by atoms with van der Waals surface area (Å²) < 4.78 is 6.70. The molecule has 2 nitrogen and oxygen atoms in total. The molecule has 0 spiro atoms. The van der Waals surface area contributed by atoms with E-state index < -0.39 is 0 Å². The van der Waals surface area contributed by atoms with Crippen molar-refractivity contribution in [2.24, 2.45) is 0 Å². The summed E-state index contributed by atoms with van der Waals surface area (Å²) >= 11 is 16.9. The molecule has 0 atom stereocenters. The van der Waals surface area contributed by atoms with E-state index >= 15 is 0 Å². The van der Waals surface area contributed by atoms with Gasteiger partial charge < -0.3 is 9.84 Å². The van der Waals surface area contributed by atoms with Crippen LogP contribution in [0.4, 0.5) is 0 Å². The second-order valence-corrected chi connectivity index (χ2v) is 6.92. The molecule has 0 aliphatic heterocycles. The highest BCUT2D eigenvalue weighted by Crippen LogP contribution is 2.33. The van der Waals surface area contributed by atoms with Gasteiger partial charge in [0, 0.05) is 15.5 Å². The molecule has 1 heterocycles. The summed E-state index contributed by atoms with van der Waals surface area (Å²) in [5.41, 5.74) is 0.586. The van der Waals surface area contributed by atoms with Crippen molar-refractivity contribution < 1.29 is 9.84 Å². The number of aliphatic hydroxyl groups is 1. The van der Waals surface area contributed by atoms with Gasteiger partial charge in [0.25, 0.3) is 0 Å². The molecule has 1 aromatic carbocycles. The van der Waals surface area contributed by atoms with E-state index in [0.29, 0.717) is 28.0 Å². The summed E-state index contributed by atoms with van der Waals surface area (Å²) in [7, 11) is 0. The van der Waals surface area contributed by atoms with E-state index in [2.05, 4.69) is 15.9 Å². The fourth-order valence-electron chi connectivity index (χ4n) is 1.47. The number of aliphatic hydroxyl groups excluding tert-OH is 1. The first-order valence-electron chi connectivity index (χ1n) is 5.06. The van der Waals surface area contributed by atoms with Gasteiger partial charge in [-0.25, -0.2) is 0 Å². The summed E-state index contributed by atoms with van der Waals surface area (Å²) in [5.74, 6) is 0.480. The van der Waals surface area contributed by atoms with E-state index in [-0.39, 0.29) is 6.61 Å². The summed E-state index contributed by atoms with van der Waals surface area (Å²) in [5, 5.41) is 10.2. The van der Waals surface area contributed by atoms with Crippen molar-refractivity contribution in [3.8, 4) is 5.75 Å². The van der Waals surface area contributed by atoms with Gasteiger partial charge in [0.05, 0.1) is 15.4 Å². The Labute approximate surface area is 127 Å². The highest BCUT2D eigenvalue weighted by molar-refractivity contribution is 9.11. The molecule has 0 aliphatic carbocycles. The average Bonchev–Trinajstić information content (AvgIpc) is 2.73. The first-order chi connectivity index (χ1) is 8.60. The second-order valence-electron chi connectivity index (χ2n) is 3.53. The van der Waals surface area contributed by atoms with Gasteiger partial charge in [-0.1, -0.05) is 23.2 Å². The van der Waals surface area contributed by atoms with Crippen LogP contribution in [0.25, 0.3) is 0 Å². The van der Waals surface area contributed by atoms with E-state index in [1.807, 2.05) is 12.1 Å². The van der Waals surface area contributed by atoms with Crippen molar-refractivity contribution >= 4 is 50.5 Å². The highest BCUT2D eigenvalue weighted by atomic mass is 79.9. The number of rotatable bonds is 4. The number of hydrogen-bond donors (Lipinski definition) is 1. The van der Waals surface area contributed by atoms with Crippen LogP contribution < -0.4 is 4.74 Å². The van der Waals surface area contributed by atoms with Gasteiger partial charge in [-0.2, -0.15) is 0 Å². The molecule has 0 saturated carbocycles. The SMILES string of the molecule is OCc1cc(Cl)cc(Cl)c1OCc1ccc(Br)s1. The molecule has 0 saturated heterocycles. The van der Waals surface area contributed by atoms with Gasteiger partial charge >= 0.3 is 0 Å². The quantitative estimate of drug-likeness (QED) is 0.833. The number of halogens is 3. The van der Waals surface area contributed by atoms with Gasteiger partial charge in [-0.15, -0.1) is 11.3 Å². The van der Waals surface area contributed by atoms with E-state index in [9.17, 15) is 5.11 Å². The van der Waals surface area contributed by atoms with Crippen molar-refractivity contribution in [2.75, 3.05) is 0 Å². The van der Waals surface area contributed by atoms with Gasteiger partial charge in [0.2, 0.25) is 0 Å². The Bertz CT molecular complexity index is 557. The first-order valence-corrected chi connectivity index (χ1v) is 7.42. The molecule has 0 unspecified atom stereocenters. The van der Waals surface area contributed by atoms with Crippen molar-refractivity contribution in [1.82, 2.24) is 0 Å². The van der Waals surface area contributed by atoms with Crippen LogP contribution in [0.5, 0.6) is 5.75 Å². The molecule has 96 valence electrons. The third kappa shape index (κ3) is 3.39. The number of hydrogen-bond acceptors (Lipinski definition) is 3. The average molecular weight is 368 g/mol. The molecule has 0 radical (unpaired) electrons. The van der Waals surface area contributed by atoms with Gasteiger partial charge in [-0.05, 0) is 40.2 Å². The Morgan fingerprint density at radius 1 is 1.28 bits per heavy atom. The lowest BCUT2D eigenvalue weighted by Gasteiger charge is -2.11. The smallest absolute Gasteiger partial charge is 0.144 e. The molecular formula is C12H9BrCl2O2S. The lowest BCUT2D eigenvalue weighted by atomic mass is 10.2. The van der Waals surface area contributed by atoms with Crippen molar-refractivity contribution in [3.05, 3.63) is 48.5 Å². The van der Waals surface area contributed by atoms with E-state index in [1.54, 1.807) is 23.5 Å². The molecule has 2 rings (SSSR count). The van der Waals surface area contributed by atoms with E-state index in [0.717, 1.165) is 8.66 Å². The van der Waals surface area contributed by atoms with E-state index in [4.69, 9.17) is 27.9 Å². The third-order valence-corrected chi connectivity index (χ3v) is 4.34. The molecule has 0 aliphatic rings. The Hall–Kier alpha value is -0.260. The minimum Gasteiger partial charge on any atom is -0.486 e. The zero-order chi connectivity index (χ0) is 13.1.